The van der Waals surface area contributed by atoms with Crippen molar-refractivity contribution < 1.29 is 9.18 Å². The summed E-state index contributed by atoms with van der Waals surface area (Å²) in [5.41, 5.74) is 1.95. The van der Waals surface area contributed by atoms with E-state index in [1.54, 1.807) is 17.6 Å². The van der Waals surface area contributed by atoms with Crippen LogP contribution in [0.3, 0.4) is 0 Å². The Bertz CT molecular complexity index is 1020. The third-order valence-electron chi connectivity index (χ3n) is 4.86. The molecule has 0 unspecified atom stereocenters. The summed E-state index contributed by atoms with van der Waals surface area (Å²) in [7, 11) is 0. The first-order valence-electron chi connectivity index (χ1n) is 9.49. The second kappa shape index (κ2) is 8.88. The van der Waals surface area contributed by atoms with Crippen molar-refractivity contribution in [2.45, 2.75) is 25.8 Å². The number of hydrogen-bond acceptors (Lipinski definition) is 5. The van der Waals surface area contributed by atoms with Gasteiger partial charge in [-0.3, -0.25) is 4.79 Å². The predicted octanol–water partition coefficient (Wildman–Crippen LogP) is 4.92. The number of carbonyl (C=O) groups excluding carboxylic acids is 1. The van der Waals surface area contributed by atoms with Gasteiger partial charge in [0.25, 0.3) is 5.91 Å². The van der Waals surface area contributed by atoms with Gasteiger partial charge in [-0.1, -0.05) is 17.7 Å². The minimum Gasteiger partial charge on any atom is -0.357 e. The number of nitrogens with zero attached hydrogens (tertiary/aromatic N) is 3. The first kappa shape index (κ1) is 19.8. The van der Waals surface area contributed by atoms with Crippen molar-refractivity contribution in [2.75, 3.05) is 18.0 Å². The summed E-state index contributed by atoms with van der Waals surface area (Å²) in [6.07, 6.45) is 5.43. The van der Waals surface area contributed by atoms with Crippen LogP contribution in [0.4, 0.5) is 10.2 Å². The number of hydrogen-bond donors (Lipinski definition) is 1. The van der Waals surface area contributed by atoms with E-state index in [1.165, 1.54) is 42.7 Å². The largest absolute Gasteiger partial charge is 0.357 e. The molecular formula is C21H20ClFN4OS. The van der Waals surface area contributed by atoms with Crippen LogP contribution >= 0.6 is 22.9 Å². The highest BCUT2D eigenvalue weighted by atomic mass is 35.5. The smallest absolute Gasteiger partial charge is 0.271 e. The summed E-state index contributed by atoms with van der Waals surface area (Å²) in [5, 5.41) is 5.57. The van der Waals surface area contributed by atoms with Crippen LogP contribution in [0.2, 0.25) is 5.02 Å². The first-order valence-corrected chi connectivity index (χ1v) is 10.7. The third-order valence-corrected chi connectivity index (χ3v) is 6.11. The molecule has 0 radical (unpaired) electrons. The van der Waals surface area contributed by atoms with Gasteiger partial charge in [-0.15, -0.1) is 11.3 Å². The van der Waals surface area contributed by atoms with Crippen LogP contribution in [0.15, 0.2) is 41.9 Å². The maximum atomic E-state index is 13.1. The van der Waals surface area contributed by atoms with Gasteiger partial charge in [-0.05, 0) is 49.1 Å². The van der Waals surface area contributed by atoms with Crippen molar-refractivity contribution in [1.82, 2.24) is 15.3 Å². The molecule has 2 aromatic heterocycles. The summed E-state index contributed by atoms with van der Waals surface area (Å²) in [6, 6.07) is 8.05. The van der Waals surface area contributed by atoms with Gasteiger partial charge in [0.1, 0.15) is 22.3 Å². The number of nitrogens with one attached hydrogen (secondary N) is 1. The molecule has 0 atom stereocenters. The molecule has 3 aromatic rings. The first-order chi connectivity index (χ1) is 14.1. The summed E-state index contributed by atoms with van der Waals surface area (Å²) in [6.45, 7) is 2.25. The highest BCUT2D eigenvalue weighted by Crippen LogP contribution is 2.27. The van der Waals surface area contributed by atoms with Crippen molar-refractivity contribution in [2.24, 2.45) is 0 Å². The Morgan fingerprint density at radius 2 is 2.03 bits per heavy atom. The van der Waals surface area contributed by atoms with E-state index in [2.05, 4.69) is 20.2 Å². The van der Waals surface area contributed by atoms with Gasteiger partial charge in [0.15, 0.2) is 0 Å². The molecule has 1 aliphatic rings. The van der Waals surface area contributed by atoms with Gasteiger partial charge in [0, 0.05) is 41.8 Å². The zero-order valence-electron chi connectivity index (χ0n) is 15.7. The number of benzene rings is 1. The topological polar surface area (TPSA) is 58.1 Å². The number of aromatic nitrogens is 2. The van der Waals surface area contributed by atoms with Crippen LogP contribution in [0, 0.1) is 5.82 Å². The molecule has 1 saturated heterocycles. The molecule has 3 heterocycles. The number of carbonyl (C=O) groups is 1. The van der Waals surface area contributed by atoms with Crippen LogP contribution in [0.1, 0.15) is 35.3 Å². The van der Waals surface area contributed by atoms with Crippen LogP contribution in [-0.2, 0) is 6.54 Å². The van der Waals surface area contributed by atoms with Gasteiger partial charge in [0.05, 0.1) is 0 Å². The Morgan fingerprint density at radius 3 is 2.83 bits per heavy atom. The maximum Gasteiger partial charge on any atom is 0.271 e. The molecule has 0 bridgehead atoms. The molecular weight excluding hydrogens is 411 g/mol. The number of amides is 1. The van der Waals surface area contributed by atoms with E-state index in [0.29, 0.717) is 11.3 Å². The second-order valence-electron chi connectivity index (χ2n) is 6.91. The molecule has 1 aliphatic heterocycles. The number of thiazole rings is 1. The number of piperidine rings is 1. The standard InChI is InChI=1S/C21H20ClFN4OS/c22-17-11-16(23)5-4-15(17)12-25-20(28)18-13-29-21(26-18)14-6-7-24-19(10-14)27-8-2-1-3-9-27/h4-7,10-11,13H,1-3,8-9,12H2,(H,25,28). The number of halogens is 2. The highest BCUT2D eigenvalue weighted by Gasteiger charge is 2.16. The highest BCUT2D eigenvalue weighted by molar-refractivity contribution is 7.13. The Morgan fingerprint density at radius 1 is 1.21 bits per heavy atom. The molecule has 1 N–H and O–H groups in total. The molecule has 0 spiro atoms. The van der Waals surface area contributed by atoms with Gasteiger partial charge >= 0.3 is 0 Å². The van der Waals surface area contributed by atoms with Gasteiger partial charge in [-0.2, -0.15) is 0 Å². The lowest BCUT2D eigenvalue weighted by atomic mass is 10.1. The van der Waals surface area contributed by atoms with Gasteiger partial charge in [0.2, 0.25) is 0 Å². The van der Waals surface area contributed by atoms with Gasteiger partial charge in [-0.25, -0.2) is 14.4 Å². The fourth-order valence-electron chi connectivity index (χ4n) is 3.29. The Hall–Kier alpha value is -2.51. The van der Waals surface area contributed by atoms with Crippen molar-refractivity contribution in [3.05, 3.63) is 64.0 Å². The minimum absolute atomic E-state index is 0.208. The fraction of sp³-hybridized carbons (Fsp3) is 0.286. The number of anilines is 1. The van der Waals surface area contributed by atoms with Crippen molar-refractivity contribution in [3.8, 4) is 10.6 Å². The maximum absolute atomic E-state index is 13.1. The molecule has 29 heavy (non-hydrogen) atoms. The quantitative estimate of drug-likeness (QED) is 0.624. The van der Waals surface area contributed by atoms with E-state index in [9.17, 15) is 9.18 Å². The lowest BCUT2D eigenvalue weighted by molar-refractivity contribution is 0.0946. The molecule has 5 nitrogen and oxygen atoms in total. The lowest BCUT2D eigenvalue weighted by Gasteiger charge is -2.27. The average Bonchev–Trinajstić information content (AvgIpc) is 3.24. The summed E-state index contributed by atoms with van der Waals surface area (Å²) >= 11 is 7.43. The lowest BCUT2D eigenvalue weighted by Crippen LogP contribution is -2.30. The monoisotopic (exact) mass is 430 g/mol. The molecule has 1 aromatic carbocycles. The molecule has 4 rings (SSSR count). The Labute approximate surface area is 177 Å². The van der Waals surface area contributed by atoms with E-state index >= 15 is 0 Å². The minimum atomic E-state index is -0.407. The molecule has 0 aliphatic carbocycles. The fourth-order valence-corrected chi connectivity index (χ4v) is 4.32. The molecule has 1 fully saturated rings. The zero-order valence-corrected chi connectivity index (χ0v) is 17.3. The van der Waals surface area contributed by atoms with E-state index in [-0.39, 0.29) is 17.5 Å². The van der Waals surface area contributed by atoms with Crippen LogP contribution in [-0.4, -0.2) is 29.0 Å². The molecule has 1 amide bonds. The van der Waals surface area contributed by atoms with Crippen LogP contribution in [0.5, 0.6) is 0 Å². The SMILES string of the molecule is O=C(NCc1ccc(F)cc1Cl)c1csc(-c2ccnc(N3CCCCC3)c2)n1. The zero-order chi connectivity index (χ0) is 20.2. The van der Waals surface area contributed by atoms with Gasteiger partial charge < -0.3 is 10.2 Å². The summed E-state index contributed by atoms with van der Waals surface area (Å²) < 4.78 is 13.1. The second-order valence-corrected chi connectivity index (χ2v) is 8.17. The Balaban J connectivity index is 1.44. The number of rotatable bonds is 5. The van der Waals surface area contributed by atoms with Crippen molar-refractivity contribution in [3.63, 3.8) is 0 Å². The van der Waals surface area contributed by atoms with Crippen LogP contribution in [0.25, 0.3) is 10.6 Å². The Kier molecular flexibility index (Phi) is 6.06. The van der Waals surface area contributed by atoms with E-state index in [0.717, 1.165) is 29.5 Å². The van der Waals surface area contributed by atoms with E-state index in [1.807, 2.05) is 12.1 Å². The average molecular weight is 431 g/mol. The van der Waals surface area contributed by atoms with E-state index < -0.39 is 5.82 Å². The molecule has 8 heteroatoms. The molecule has 150 valence electrons. The summed E-state index contributed by atoms with van der Waals surface area (Å²) in [4.78, 5) is 23.7. The van der Waals surface area contributed by atoms with E-state index in [4.69, 9.17) is 11.6 Å². The van der Waals surface area contributed by atoms with Crippen molar-refractivity contribution >= 4 is 34.7 Å². The summed E-state index contributed by atoms with van der Waals surface area (Å²) in [5.74, 6) is 0.253. The number of pyridine rings is 1. The normalized spacial score (nSPS) is 14.1. The predicted molar refractivity (Wildman–Crippen MR) is 114 cm³/mol. The van der Waals surface area contributed by atoms with Crippen LogP contribution < -0.4 is 10.2 Å². The molecule has 0 saturated carbocycles. The van der Waals surface area contributed by atoms with Crippen molar-refractivity contribution in [1.29, 1.82) is 0 Å². The third kappa shape index (κ3) is 4.74.